The summed E-state index contributed by atoms with van der Waals surface area (Å²) in [6, 6.07) is -1.02. The molecule has 7 heteroatoms. The number of hydrogen-bond donors (Lipinski definition) is 2. The maximum atomic E-state index is 12.0. The second-order valence-electron chi connectivity index (χ2n) is 4.90. The van der Waals surface area contributed by atoms with Crippen molar-refractivity contribution in [2.24, 2.45) is 5.92 Å². The van der Waals surface area contributed by atoms with Gasteiger partial charge in [-0.05, 0) is 12.3 Å². The first-order valence-corrected chi connectivity index (χ1v) is 6.33. The molecule has 1 aliphatic rings. The molecule has 108 valence electrons. The number of rotatable bonds is 7. The summed E-state index contributed by atoms with van der Waals surface area (Å²) in [6.45, 7) is 4.44. The smallest absolute Gasteiger partial charge is 0.325 e. The van der Waals surface area contributed by atoms with Gasteiger partial charge in [0.1, 0.15) is 12.6 Å². The Morgan fingerprint density at radius 3 is 2.74 bits per heavy atom. The zero-order valence-corrected chi connectivity index (χ0v) is 11.6. The van der Waals surface area contributed by atoms with Gasteiger partial charge in [0, 0.05) is 13.7 Å². The quantitative estimate of drug-likeness (QED) is 0.492. The molecular formula is C12H21N3O4. The predicted octanol–water partition coefficient (Wildman–Crippen LogP) is -0.284. The number of carbonyl (C=O) groups is 3. The van der Waals surface area contributed by atoms with Gasteiger partial charge in [-0.15, -0.1) is 0 Å². The molecule has 0 radical (unpaired) electrons. The van der Waals surface area contributed by atoms with Crippen LogP contribution < -0.4 is 10.6 Å². The molecule has 0 aromatic rings. The lowest BCUT2D eigenvalue weighted by Gasteiger charge is -2.13. The second kappa shape index (κ2) is 7.08. The summed E-state index contributed by atoms with van der Waals surface area (Å²) in [5.74, 6) is -0.406. The van der Waals surface area contributed by atoms with E-state index in [0.29, 0.717) is 25.5 Å². The van der Waals surface area contributed by atoms with Gasteiger partial charge >= 0.3 is 6.03 Å². The molecule has 1 heterocycles. The highest BCUT2D eigenvalue weighted by Crippen LogP contribution is 2.13. The Morgan fingerprint density at radius 2 is 2.16 bits per heavy atom. The van der Waals surface area contributed by atoms with E-state index in [9.17, 15) is 14.4 Å². The molecule has 0 aliphatic carbocycles. The second-order valence-corrected chi connectivity index (χ2v) is 4.90. The van der Waals surface area contributed by atoms with Gasteiger partial charge in [-0.2, -0.15) is 0 Å². The third kappa shape index (κ3) is 4.51. The van der Waals surface area contributed by atoms with Crippen molar-refractivity contribution in [2.75, 3.05) is 26.8 Å². The summed E-state index contributed by atoms with van der Waals surface area (Å²) < 4.78 is 4.79. The fraction of sp³-hybridized carbons (Fsp3) is 0.750. The minimum Gasteiger partial charge on any atom is -0.383 e. The first-order chi connectivity index (χ1) is 8.95. The lowest BCUT2D eigenvalue weighted by atomic mass is 10.0. The van der Waals surface area contributed by atoms with Crippen LogP contribution in [0, 0.1) is 5.92 Å². The summed E-state index contributed by atoms with van der Waals surface area (Å²) in [4.78, 5) is 36.1. The molecule has 1 saturated heterocycles. The highest BCUT2D eigenvalue weighted by molar-refractivity contribution is 6.06. The van der Waals surface area contributed by atoms with Crippen LogP contribution >= 0.6 is 0 Å². The first-order valence-electron chi connectivity index (χ1n) is 6.33. The average molecular weight is 271 g/mol. The van der Waals surface area contributed by atoms with Crippen molar-refractivity contribution in [2.45, 2.75) is 26.3 Å². The summed E-state index contributed by atoms with van der Waals surface area (Å²) in [7, 11) is 1.53. The molecule has 1 aliphatic heterocycles. The lowest BCUT2D eigenvalue weighted by Crippen LogP contribution is -2.42. The van der Waals surface area contributed by atoms with E-state index in [1.165, 1.54) is 7.11 Å². The normalized spacial score (nSPS) is 18.9. The van der Waals surface area contributed by atoms with Crippen molar-refractivity contribution in [3.63, 3.8) is 0 Å². The minimum absolute atomic E-state index is 0.247. The highest BCUT2D eigenvalue weighted by atomic mass is 16.5. The molecule has 1 atom stereocenters. The van der Waals surface area contributed by atoms with Crippen LogP contribution in [0.3, 0.4) is 0 Å². The Kier molecular flexibility index (Phi) is 5.75. The molecule has 0 aromatic heterocycles. The average Bonchev–Trinajstić information content (AvgIpc) is 2.56. The summed E-state index contributed by atoms with van der Waals surface area (Å²) in [6.07, 6.45) is 0.576. The number of hydrogen-bond acceptors (Lipinski definition) is 4. The van der Waals surface area contributed by atoms with Gasteiger partial charge in [-0.25, -0.2) is 4.79 Å². The largest absolute Gasteiger partial charge is 0.383 e. The number of carbonyl (C=O) groups excluding carboxylic acids is 3. The van der Waals surface area contributed by atoms with Gasteiger partial charge in [-0.1, -0.05) is 13.8 Å². The standard InChI is InChI=1S/C12H21N3O4/c1-8(2)6-9-11(17)15(12(18)14-9)7-10(16)13-4-5-19-3/h8-9H,4-7H2,1-3H3,(H,13,16)(H,14,18)/t9-/m1/s1. The first kappa shape index (κ1) is 15.4. The van der Waals surface area contributed by atoms with E-state index in [1.54, 1.807) is 0 Å². The number of nitrogens with one attached hydrogen (secondary N) is 2. The van der Waals surface area contributed by atoms with Crippen LogP contribution in [0.5, 0.6) is 0 Å². The van der Waals surface area contributed by atoms with Gasteiger partial charge in [0.2, 0.25) is 5.91 Å². The number of nitrogens with zero attached hydrogens (tertiary/aromatic N) is 1. The molecule has 4 amide bonds. The maximum Gasteiger partial charge on any atom is 0.325 e. The Labute approximate surface area is 112 Å². The van der Waals surface area contributed by atoms with E-state index < -0.39 is 12.1 Å². The molecule has 2 N–H and O–H groups in total. The van der Waals surface area contributed by atoms with Crippen LogP contribution in [0.2, 0.25) is 0 Å². The summed E-state index contributed by atoms with van der Waals surface area (Å²) in [5, 5.41) is 5.16. The molecule has 0 bridgehead atoms. The van der Waals surface area contributed by atoms with E-state index in [-0.39, 0.29) is 18.4 Å². The number of ether oxygens (including phenoxy) is 1. The van der Waals surface area contributed by atoms with E-state index in [4.69, 9.17) is 4.74 Å². The van der Waals surface area contributed by atoms with Crippen LogP contribution in [-0.2, 0) is 14.3 Å². The van der Waals surface area contributed by atoms with Crippen LogP contribution in [0.25, 0.3) is 0 Å². The van der Waals surface area contributed by atoms with Gasteiger partial charge in [-0.3, -0.25) is 14.5 Å². The number of methoxy groups -OCH3 is 1. The molecule has 1 rings (SSSR count). The minimum atomic E-state index is -0.515. The molecule has 0 spiro atoms. The highest BCUT2D eigenvalue weighted by Gasteiger charge is 2.38. The third-order valence-electron chi connectivity index (χ3n) is 2.74. The fourth-order valence-corrected chi connectivity index (χ4v) is 1.85. The van der Waals surface area contributed by atoms with Crippen LogP contribution in [0.15, 0.2) is 0 Å². The topological polar surface area (TPSA) is 87.7 Å². The SMILES string of the molecule is COCCNC(=O)CN1C(=O)N[C@H](CC(C)C)C1=O. The maximum absolute atomic E-state index is 12.0. The van der Waals surface area contributed by atoms with Crippen molar-refractivity contribution in [3.8, 4) is 0 Å². The fourth-order valence-electron chi connectivity index (χ4n) is 1.85. The van der Waals surface area contributed by atoms with Crippen molar-refractivity contribution in [1.29, 1.82) is 0 Å². The van der Waals surface area contributed by atoms with Crippen molar-refractivity contribution < 1.29 is 19.1 Å². The Balaban J connectivity index is 2.47. The number of amides is 4. The molecular weight excluding hydrogens is 250 g/mol. The van der Waals surface area contributed by atoms with E-state index in [0.717, 1.165) is 4.90 Å². The van der Waals surface area contributed by atoms with Gasteiger partial charge in [0.15, 0.2) is 0 Å². The number of imide groups is 1. The molecule has 1 fully saturated rings. The van der Waals surface area contributed by atoms with Gasteiger partial charge in [0.25, 0.3) is 5.91 Å². The lowest BCUT2D eigenvalue weighted by molar-refractivity contribution is -0.132. The zero-order chi connectivity index (χ0) is 14.4. The van der Waals surface area contributed by atoms with E-state index in [2.05, 4.69) is 10.6 Å². The summed E-state index contributed by atoms with van der Waals surface area (Å²) in [5.41, 5.74) is 0. The Hall–Kier alpha value is -1.63. The van der Waals surface area contributed by atoms with Crippen LogP contribution in [0.4, 0.5) is 4.79 Å². The van der Waals surface area contributed by atoms with Crippen LogP contribution in [0.1, 0.15) is 20.3 Å². The monoisotopic (exact) mass is 271 g/mol. The molecule has 19 heavy (non-hydrogen) atoms. The molecule has 0 aromatic carbocycles. The Morgan fingerprint density at radius 1 is 1.47 bits per heavy atom. The van der Waals surface area contributed by atoms with Gasteiger partial charge < -0.3 is 15.4 Å². The van der Waals surface area contributed by atoms with E-state index in [1.807, 2.05) is 13.8 Å². The van der Waals surface area contributed by atoms with Crippen molar-refractivity contribution in [1.82, 2.24) is 15.5 Å². The van der Waals surface area contributed by atoms with E-state index >= 15 is 0 Å². The zero-order valence-electron chi connectivity index (χ0n) is 11.6. The molecule has 0 unspecified atom stereocenters. The number of urea groups is 1. The molecule has 0 saturated carbocycles. The molecule has 7 nitrogen and oxygen atoms in total. The third-order valence-corrected chi connectivity index (χ3v) is 2.74. The van der Waals surface area contributed by atoms with Crippen LogP contribution in [-0.4, -0.2) is 55.6 Å². The Bertz CT molecular complexity index is 357. The predicted molar refractivity (Wildman–Crippen MR) is 68.4 cm³/mol. The van der Waals surface area contributed by atoms with Crippen molar-refractivity contribution >= 4 is 17.8 Å². The van der Waals surface area contributed by atoms with Crippen molar-refractivity contribution in [3.05, 3.63) is 0 Å². The van der Waals surface area contributed by atoms with Gasteiger partial charge in [0.05, 0.1) is 6.61 Å². The summed E-state index contributed by atoms with van der Waals surface area (Å²) >= 11 is 0.